The molecule has 126 valence electrons. The van der Waals surface area contributed by atoms with Crippen molar-refractivity contribution < 1.29 is 4.74 Å². The van der Waals surface area contributed by atoms with Crippen LogP contribution >= 0.6 is 27.5 Å². The summed E-state index contributed by atoms with van der Waals surface area (Å²) in [6.07, 6.45) is 1.74. The van der Waals surface area contributed by atoms with Crippen LogP contribution in [0.1, 0.15) is 12.5 Å². The van der Waals surface area contributed by atoms with Gasteiger partial charge in [-0.1, -0.05) is 0 Å². The number of fused-ring (bicyclic) bond motifs is 1. The molecule has 0 unspecified atom stereocenters. The number of hydrogen-bond acceptors (Lipinski definition) is 6. The van der Waals surface area contributed by atoms with E-state index in [4.69, 9.17) is 16.3 Å². The summed E-state index contributed by atoms with van der Waals surface area (Å²) in [7, 11) is 0. The Bertz CT molecular complexity index is 869. The molecule has 0 aliphatic rings. The van der Waals surface area contributed by atoms with Crippen molar-refractivity contribution in [2.24, 2.45) is 0 Å². The standard InChI is InChI=1S/C15H16BrClN6O/c1-3-24-7-6-23-12-11(13(16)22-23)20-15(17)21-14(12)19-10-8-9(2)4-5-18-10/h4-5,8H,3,6-7H2,1-2H3,(H,18,19,20,21). The van der Waals surface area contributed by atoms with Crippen LogP contribution in [0, 0.1) is 6.92 Å². The molecule has 3 aromatic heterocycles. The Morgan fingerprint density at radius 3 is 2.96 bits per heavy atom. The van der Waals surface area contributed by atoms with Gasteiger partial charge in [-0.25, -0.2) is 9.97 Å². The first-order chi connectivity index (χ1) is 11.6. The van der Waals surface area contributed by atoms with E-state index in [1.807, 2.05) is 26.0 Å². The molecule has 7 nitrogen and oxygen atoms in total. The lowest BCUT2D eigenvalue weighted by molar-refractivity contribution is 0.137. The van der Waals surface area contributed by atoms with Crippen LogP contribution in [-0.4, -0.2) is 37.9 Å². The molecule has 0 fully saturated rings. The summed E-state index contributed by atoms with van der Waals surface area (Å²) >= 11 is 9.49. The van der Waals surface area contributed by atoms with Gasteiger partial charge >= 0.3 is 0 Å². The van der Waals surface area contributed by atoms with Crippen molar-refractivity contribution in [2.75, 3.05) is 18.5 Å². The summed E-state index contributed by atoms with van der Waals surface area (Å²) in [5, 5.41) is 7.80. The maximum atomic E-state index is 6.06. The number of aryl methyl sites for hydroxylation is 1. The third-order valence-corrected chi connectivity index (χ3v) is 4.04. The first kappa shape index (κ1) is 17.1. The highest BCUT2D eigenvalue weighted by Crippen LogP contribution is 2.29. The first-order valence-corrected chi connectivity index (χ1v) is 8.62. The number of halogens is 2. The molecule has 3 rings (SSSR count). The topological polar surface area (TPSA) is 77.8 Å². The summed E-state index contributed by atoms with van der Waals surface area (Å²) < 4.78 is 7.82. The van der Waals surface area contributed by atoms with Gasteiger partial charge in [0, 0.05) is 12.8 Å². The van der Waals surface area contributed by atoms with Gasteiger partial charge in [0.1, 0.15) is 16.9 Å². The Balaban J connectivity index is 2.04. The minimum atomic E-state index is 0.141. The second-order valence-corrected chi connectivity index (χ2v) is 6.18. The van der Waals surface area contributed by atoms with E-state index < -0.39 is 0 Å². The predicted octanol–water partition coefficient (Wildman–Crippen LogP) is 3.73. The van der Waals surface area contributed by atoms with Crippen LogP contribution in [-0.2, 0) is 11.3 Å². The highest BCUT2D eigenvalue weighted by Gasteiger charge is 2.17. The molecule has 0 aliphatic carbocycles. The number of anilines is 2. The van der Waals surface area contributed by atoms with E-state index in [1.165, 1.54) is 0 Å². The van der Waals surface area contributed by atoms with Gasteiger partial charge in [-0.2, -0.15) is 10.1 Å². The molecule has 9 heteroatoms. The van der Waals surface area contributed by atoms with E-state index in [1.54, 1.807) is 10.9 Å². The molecule has 0 aliphatic heterocycles. The van der Waals surface area contributed by atoms with Crippen molar-refractivity contribution in [3.8, 4) is 0 Å². The molecule has 0 amide bonds. The van der Waals surface area contributed by atoms with E-state index in [2.05, 4.69) is 41.3 Å². The highest BCUT2D eigenvalue weighted by molar-refractivity contribution is 9.10. The molecule has 24 heavy (non-hydrogen) atoms. The van der Waals surface area contributed by atoms with Gasteiger partial charge in [0.15, 0.2) is 10.4 Å². The third-order valence-electron chi connectivity index (χ3n) is 3.33. The van der Waals surface area contributed by atoms with Crippen molar-refractivity contribution >= 4 is 50.2 Å². The zero-order valence-corrected chi connectivity index (χ0v) is 15.6. The molecule has 0 atom stereocenters. The number of nitrogens with one attached hydrogen (secondary N) is 1. The van der Waals surface area contributed by atoms with E-state index in [-0.39, 0.29) is 5.28 Å². The Morgan fingerprint density at radius 2 is 2.21 bits per heavy atom. The Morgan fingerprint density at radius 1 is 1.38 bits per heavy atom. The molecule has 0 spiro atoms. The summed E-state index contributed by atoms with van der Waals surface area (Å²) in [4.78, 5) is 12.9. The van der Waals surface area contributed by atoms with E-state index in [9.17, 15) is 0 Å². The predicted molar refractivity (Wildman–Crippen MR) is 96.8 cm³/mol. The second-order valence-electron chi connectivity index (χ2n) is 5.09. The van der Waals surface area contributed by atoms with Gasteiger partial charge in [0.05, 0.1) is 13.2 Å². The normalized spacial score (nSPS) is 11.2. The Kier molecular flexibility index (Phi) is 5.27. The fraction of sp³-hybridized carbons (Fsp3) is 0.333. The monoisotopic (exact) mass is 410 g/mol. The average Bonchev–Trinajstić information content (AvgIpc) is 2.84. The number of hydrogen-bond donors (Lipinski definition) is 1. The molecule has 3 heterocycles. The molecule has 0 saturated carbocycles. The quantitative estimate of drug-likeness (QED) is 0.492. The largest absolute Gasteiger partial charge is 0.380 e. The number of aromatic nitrogens is 5. The zero-order valence-electron chi connectivity index (χ0n) is 13.3. The minimum Gasteiger partial charge on any atom is -0.380 e. The molecular formula is C15H16BrClN6O. The van der Waals surface area contributed by atoms with Crippen molar-refractivity contribution in [1.29, 1.82) is 0 Å². The van der Waals surface area contributed by atoms with Crippen molar-refractivity contribution in [2.45, 2.75) is 20.4 Å². The van der Waals surface area contributed by atoms with Gasteiger partial charge in [0.2, 0.25) is 5.28 Å². The summed E-state index contributed by atoms with van der Waals surface area (Å²) in [6, 6.07) is 3.86. The van der Waals surface area contributed by atoms with Gasteiger partial charge in [-0.15, -0.1) is 0 Å². The van der Waals surface area contributed by atoms with Crippen LogP contribution in [0.3, 0.4) is 0 Å². The molecule has 0 radical (unpaired) electrons. The number of nitrogens with zero attached hydrogens (tertiary/aromatic N) is 5. The van der Waals surface area contributed by atoms with Crippen LogP contribution in [0.15, 0.2) is 22.9 Å². The van der Waals surface area contributed by atoms with Gasteiger partial charge in [0.25, 0.3) is 0 Å². The van der Waals surface area contributed by atoms with Crippen molar-refractivity contribution in [1.82, 2.24) is 24.7 Å². The van der Waals surface area contributed by atoms with Crippen molar-refractivity contribution in [3.05, 3.63) is 33.8 Å². The fourth-order valence-electron chi connectivity index (χ4n) is 2.29. The SMILES string of the molecule is CCOCCn1nc(Br)c2nc(Cl)nc(Nc3cc(C)ccn3)c21. The van der Waals surface area contributed by atoms with Gasteiger partial charge in [-0.05, 0) is 59.1 Å². The third kappa shape index (κ3) is 3.66. The highest BCUT2D eigenvalue weighted by atomic mass is 79.9. The van der Waals surface area contributed by atoms with Crippen LogP contribution in [0.2, 0.25) is 5.28 Å². The van der Waals surface area contributed by atoms with Crippen molar-refractivity contribution in [3.63, 3.8) is 0 Å². The lowest BCUT2D eigenvalue weighted by Crippen LogP contribution is -2.09. The number of pyridine rings is 1. The van der Waals surface area contributed by atoms with E-state index in [0.717, 1.165) is 11.1 Å². The summed E-state index contributed by atoms with van der Waals surface area (Å²) in [5.74, 6) is 1.23. The number of ether oxygens (including phenoxy) is 1. The fourth-order valence-corrected chi connectivity index (χ4v) is 2.93. The van der Waals surface area contributed by atoms with Crippen LogP contribution in [0.5, 0.6) is 0 Å². The van der Waals surface area contributed by atoms with E-state index in [0.29, 0.717) is 41.5 Å². The Labute approximate surface area is 152 Å². The van der Waals surface area contributed by atoms with Gasteiger partial charge in [-0.3, -0.25) is 4.68 Å². The molecule has 0 bridgehead atoms. The molecule has 0 saturated heterocycles. The lowest BCUT2D eigenvalue weighted by atomic mass is 10.3. The maximum absolute atomic E-state index is 6.06. The average molecular weight is 412 g/mol. The van der Waals surface area contributed by atoms with Crippen LogP contribution in [0.25, 0.3) is 11.0 Å². The second kappa shape index (κ2) is 7.42. The zero-order chi connectivity index (χ0) is 17.1. The first-order valence-electron chi connectivity index (χ1n) is 7.45. The molecule has 1 N–H and O–H groups in total. The van der Waals surface area contributed by atoms with Gasteiger partial charge < -0.3 is 10.1 Å². The Hall–Kier alpha value is -1.77. The van der Waals surface area contributed by atoms with Crippen LogP contribution < -0.4 is 5.32 Å². The molecule has 0 aromatic carbocycles. The summed E-state index contributed by atoms with van der Waals surface area (Å²) in [5.41, 5.74) is 2.48. The smallest absolute Gasteiger partial charge is 0.225 e. The van der Waals surface area contributed by atoms with Crippen LogP contribution in [0.4, 0.5) is 11.6 Å². The minimum absolute atomic E-state index is 0.141. The molecular weight excluding hydrogens is 396 g/mol. The number of rotatable bonds is 6. The molecule has 3 aromatic rings. The summed E-state index contributed by atoms with van der Waals surface area (Å²) in [6.45, 7) is 5.73. The maximum Gasteiger partial charge on any atom is 0.225 e. The lowest BCUT2D eigenvalue weighted by Gasteiger charge is -2.09. The van der Waals surface area contributed by atoms with E-state index >= 15 is 0 Å².